The lowest BCUT2D eigenvalue weighted by Gasteiger charge is -2.34. The van der Waals surface area contributed by atoms with Gasteiger partial charge in [-0.2, -0.15) is 10.1 Å². The van der Waals surface area contributed by atoms with Crippen LogP contribution in [-0.4, -0.2) is 34.4 Å². The van der Waals surface area contributed by atoms with Crippen LogP contribution in [0.1, 0.15) is 18.5 Å². The molecule has 160 valence electrons. The molecule has 31 heavy (non-hydrogen) atoms. The highest BCUT2D eigenvalue weighted by Crippen LogP contribution is 2.43. The van der Waals surface area contributed by atoms with Gasteiger partial charge in [0.25, 0.3) is 0 Å². The molecule has 1 aromatic heterocycles. The number of carbonyl (C=O) groups is 1. The van der Waals surface area contributed by atoms with Crippen LogP contribution in [0.5, 0.6) is 11.5 Å². The molecule has 2 unspecified atom stereocenters. The zero-order valence-electron chi connectivity index (χ0n) is 17.1. The van der Waals surface area contributed by atoms with Crippen LogP contribution in [0.25, 0.3) is 0 Å². The number of fused-ring (bicyclic) bond motifs is 1. The van der Waals surface area contributed by atoms with Crippen molar-refractivity contribution in [1.82, 2.24) is 14.8 Å². The summed E-state index contributed by atoms with van der Waals surface area (Å²) in [6, 6.07) is 12.6. The average Bonchev–Trinajstić information content (AvgIpc) is 3.22. The highest BCUT2D eigenvalue weighted by Gasteiger charge is 2.40. The predicted octanol–water partition coefficient (Wildman–Crippen LogP) is 4.23. The van der Waals surface area contributed by atoms with Crippen molar-refractivity contribution >= 4 is 33.5 Å². The number of carbonyl (C=O) groups excluding carboxylic acids is 1. The minimum absolute atomic E-state index is 0.209. The Hall–Kier alpha value is -3.33. The number of hydrogen-bond acceptors (Lipinski definition) is 6. The summed E-state index contributed by atoms with van der Waals surface area (Å²) in [5.74, 6) is 0.815. The average molecular weight is 484 g/mol. The summed E-state index contributed by atoms with van der Waals surface area (Å²) >= 11 is 3.57. The van der Waals surface area contributed by atoms with Crippen LogP contribution in [0.4, 0.5) is 11.6 Å². The number of para-hydroxylation sites is 1. The van der Waals surface area contributed by atoms with E-state index < -0.39 is 12.0 Å². The molecule has 0 aliphatic carbocycles. The van der Waals surface area contributed by atoms with E-state index in [1.54, 1.807) is 11.8 Å². The minimum Gasteiger partial charge on any atom is -0.493 e. The summed E-state index contributed by atoms with van der Waals surface area (Å²) < 4.78 is 13.7. The number of benzene rings is 2. The molecular weight excluding hydrogens is 462 g/mol. The largest absolute Gasteiger partial charge is 0.493 e. The van der Waals surface area contributed by atoms with E-state index in [-0.39, 0.29) is 5.91 Å². The smallest absolute Gasteiger partial charge is 0.235 e. The summed E-state index contributed by atoms with van der Waals surface area (Å²) in [6.45, 7) is 6.50. The maximum atomic E-state index is 13.4. The third kappa shape index (κ3) is 4.00. The van der Waals surface area contributed by atoms with Crippen molar-refractivity contribution in [2.45, 2.75) is 13.0 Å². The molecular formula is C22H22BrN5O3. The van der Waals surface area contributed by atoms with Crippen LogP contribution in [0.2, 0.25) is 0 Å². The van der Waals surface area contributed by atoms with Gasteiger partial charge in [-0.3, -0.25) is 4.79 Å². The Bertz CT molecular complexity index is 1120. The van der Waals surface area contributed by atoms with Gasteiger partial charge in [0.1, 0.15) is 12.2 Å². The predicted molar refractivity (Wildman–Crippen MR) is 121 cm³/mol. The highest BCUT2D eigenvalue weighted by atomic mass is 79.9. The second kappa shape index (κ2) is 8.81. The number of anilines is 2. The third-order valence-corrected chi connectivity index (χ3v) is 5.59. The number of nitrogens with zero attached hydrogens (tertiary/aromatic N) is 3. The summed E-state index contributed by atoms with van der Waals surface area (Å²) in [7, 11) is 1.58. The lowest BCUT2D eigenvalue weighted by atomic mass is 9.88. The van der Waals surface area contributed by atoms with Crippen molar-refractivity contribution in [3.63, 3.8) is 0 Å². The van der Waals surface area contributed by atoms with Crippen LogP contribution in [0.3, 0.4) is 0 Å². The number of methoxy groups -OCH3 is 1. The van der Waals surface area contributed by atoms with Crippen molar-refractivity contribution in [3.05, 3.63) is 71.1 Å². The molecule has 9 heteroatoms. The van der Waals surface area contributed by atoms with E-state index >= 15 is 0 Å². The third-order valence-electron chi connectivity index (χ3n) is 5.01. The number of rotatable bonds is 6. The van der Waals surface area contributed by atoms with E-state index in [1.807, 2.05) is 49.4 Å². The standard InChI is InChI=1S/C22H22BrN5O3/c1-4-31-20-16(23)10-14(11-17(20)30-3)19-18(13(2)26-22-24-12-25-28(19)22)21(29)27-15-8-6-5-7-9-15/h5-12,18-19H,2,4H2,1,3H3,(H,27,29)(H,24,25,26). The van der Waals surface area contributed by atoms with Crippen molar-refractivity contribution in [1.29, 1.82) is 0 Å². The molecule has 2 atom stereocenters. The SMILES string of the molecule is C=C1Nc2ncnn2C(c2cc(Br)c(OCC)c(OC)c2)C1C(=O)Nc1ccccc1. The molecule has 4 rings (SSSR count). The Morgan fingerprint density at radius 3 is 2.81 bits per heavy atom. The Kier molecular flexibility index (Phi) is 5.94. The van der Waals surface area contributed by atoms with Gasteiger partial charge < -0.3 is 20.1 Å². The van der Waals surface area contributed by atoms with Crippen molar-refractivity contribution < 1.29 is 14.3 Å². The van der Waals surface area contributed by atoms with Gasteiger partial charge in [0.2, 0.25) is 11.9 Å². The van der Waals surface area contributed by atoms with E-state index in [2.05, 4.69) is 43.2 Å². The fraction of sp³-hybridized carbons (Fsp3) is 0.227. The van der Waals surface area contributed by atoms with Gasteiger partial charge in [-0.15, -0.1) is 0 Å². The first-order valence-corrected chi connectivity index (χ1v) is 10.5. The molecule has 2 N–H and O–H groups in total. The number of ether oxygens (including phenoxy) is 2. The lowest BCUT2D eigenvalue weighted by molar-refractivity contribution is -0.119. The van der Waals surface area contributed by atoms with Gasteiger partial charge in [0, 0.05) is 11.4 Å². The van der Waals surface area contributed by atoms with Crippen molar-refractivity contribution in [3.8, 4) is 11.5 Å². The molecule has 1 aliphatic heterocycles. The Balaban J connectivity index is 1.79. The maximum absolute atomic E-state index is 13.4. The van der Waals surface area contributed by atoms with E-state index in [0.717, 1.165) is 10.0 Å². The Morgan fingerprint density at radius 2 is 2.10 bits per heavy atom. The van der Waals surface area contributed by atoms with Crippen molar-refractivity contribution in [2.75, 3.05) is 24.4 Å². The van der Waals surface area contributed by atoms with E-state index in [9.17, 15) is 4.79 Å². The molecule has 1 aliphatic rings. The number of nitrogens with one attached hydrogen (secondary N) is 2. The van der Waals surface area contributed by atoms with Gasteiger partial charge in [-0.1, -0.05) is 24.8 Å². The van der Waals surface area contributed by atoms with E-state index in [4.69, 9.17) is 9.47 Å². The second-order valence-corrected chi connectivity index (χ2v) is 7.78. The van der Waals surface area contributed by atoms with Crippen LogP contribution in [0.15, 0.2) is 65.5 Å². The van der Waals surface area contributed by atoms with Gasteiger partial charge in [0.05, 0.1) is 24.2 Å². The van der Waals surface area contributed by atoms with Crippen LogP contribution < -0.4 is 20.1 Å². The molecule has 2 aromatic carbocycles. The molecule has 0 saturated carbocycles. The monoisotopic (exact) mass is 483 g/mol. The lowest BCUT2D eigenvalue weighted by Crippen LogP contribution is -2.39. The zero-order chi connectivity index (χ0) is 22.0. The molecule has 2 heterocycles. The van der Waals surface area contributed by atoms with E-state index in [0.29, 0.717) is 35.4 Å². The normalized spacial score (nSPS) is 17.5. The number of halogens is 1. The van der Waals surface area contributed by atoms with Crippen LogP contribution in [-0.2, 0) is 4.79 Å². The number of amides is 1. The van der Waals surface area contributed by atoms with Crippen LogP contribution in [0, 0.1) is 5.92 Å². The topological polar surface area (TPSA) is 90.3 Å². The Labute approximate surface area is 188 Å². The zero-order valence-corrected chi connectivity index (χ0v) is 18.7. The summed E-state index contributed by atoms with van der Waals surface area (Å²) in [5.41, 5.74) is 2.03. The molecule has 0 fully saturated rings. The van der Waals surface area contributed by atoms with Gasteiger partial charge in [0.15, 0.2) is 11.5 Å². The van der Waals surface area contributed by atoms with Gasteiger partial charge >= 0.3 is 0 Å². The molecule has 3 aromatic rings. The minimum atomic E-state index is -0.649. The number of hydrogen-bond donors (Lipinski definition) is 2. The fourth-order valence-corrected chi connectivity index (χ4v) is 4.24. The molecule has 0 bridgehead atoms. The Morgan fingerprint density at radius 1 is 1.32 bits per heavy atom. The molecule has 0 saturated heterocycles. The first kappa shape index (κ1) is 20.9. The van der Waals surface area contributed by atoms with Gasteiger partial charge in [-0.05, 0) is 52.7 Å². The highest BCUT2D eigenvalue weighted by molar-refractivity contribution is 9.10. The van der Waals surface area contributed by atoms with Gasteiger partial charge in [-0.25, -0.2) is 4.68 Å². The van der Waals surface area contributed by atoms with Crippen molar-refractivity contribution in [2.24, 2.45) is 5.92 Å². The molecule has 0 spiro atoms. The fourth-order valence-electron chi connectivity index (χ4n) is 3.67. The number of aromatic nitrogens is 3. The summed E-state index contributed by atoms with van der Waals surface area (Å²) in [6.07, 6.45) is 1.45. The first-order valence-electron chi connectivity index (χ1n) is 9.75. The first-order chi connectivity index (χ1) is 15.0. The van der Waals surface area contributed by atoms with E-state index in [1.165, 1.54) is 6.33 Å². The maximum Gasteiger partial charge on any atom is 0.235 e. The quantitative estimate of drug-likeness (QED) is 0.545. The summed E-state index contributed by atoms with van der Waals surface area (Å²) in [5, 5.41) is 10.4. The second-order valence-electron chi connectivity index (χ2n) is 6.92. The van der Waals surface area contributed by atoms with Crippen LogP contribution >= 0.6 is 15.9 Å². The molecule has 8 nitrogen and oxygen atoms in total. The molecule has 0 radical (unpaired) electrons. The summed E-state index contributed by atoms with van der Waals surface area (Å²) in [4.78, 5) is 17.6. The molecule has 1 amide bonds.